The highest BCUT2D eigenvalue weighted by atomic mass is 19.1. The molecule has 3 N–H and O–H groups in total. The number of nitrogens with zero attached hydrogens (tertiary/aromatic N) is 3. The summed E-state index contributed by atoms with van der Waals surface area (Å²) in [5.41, 5.74) is 0.970. The Kier molecular flexibility index (Phi) is 10.3. The number of aldehydes is 1. The highest BCUT2D eigenvalue weighted by molar-refractivity contribution is 5.80. The lowest BCUT2D eigenvalue weighted by molar-refractivity contribution is -0.120. The van der Waals surface area contributed by atoms with E-state index in [0.717, 1.165) is 71.0 Å². The molecule has 2 aliphatic heterocycles. The monoisotopic (exact) mass is 650 g/mol. The van der Waals surface area contributed by atoms with Gasteiger partial charge in [0, 0.05) is 56.8 Å². The van der Waals surface area contributed by atoms with Gasteiger partial charge in [0.05, 0.1) is 23.9 Å². The van der Waals surface area contributed by atoms with Gasteiger partial charge in [0.2, 0.25) is 5.91 Å². The molecular formula is C35H44F2N6O4. The summed E-state index contributed by atoms with van der Waals surface area (Å²) in [4.78, 5) is 47.3. The third kappa shape index (κ3) is 8.27. The Morgan fingerprint density at radius 2 is 1.81 bits per heavy atom. The van der Waals surface area contributed by atoms with Gasteiger partial charge in [-0.25, -0.2) is 13.8 Å². The second kappa shape index (κ2) is 14.8. The fraction of sp³-hybridized carbons (Fsp3) is 0.543. The average molecular weight is 651 g/mol. The first-order chi connectivity index (χ1) is 22.8. The van der Waals surface area contributed by atoms with Crippen LogP contribution in [0.5, 0.6) is 5.75 Å². The number of benzene rings is 2. The van der Waals surface area contributed by atoms with E-state index in [1.807, 2.05) is 0 Å². The van der Waals surface area contributed by atoms with Crippen molar-refractivity contribution < 1.29 is 23.1 Å². The topological polar surface area (TPSA) is 120 Å². The summed E-state index contributed by atoms with van der Waals surface area (Å²) in [6, 6.07) is 7.79. The molecular weight excluding hydrogens is 606 g/mol. The predicted molar refractivity (Wildman–Crippen MR) is 177 cm³/mol. The van der Waals surface area contributed by atoms with E-state index in [-0.39, 0.29) is 23.5 Å². The SMILES string of the molecule is CNC(=O)CCC(C=O)Nc1ccc(N2CCC(N3CCC(COc4cc(F)c5c(=O)[nH]c(CC6CC6)nc5c4)CC3)CC2)c(F)c1. The van der Waals surface area contributed by atoms with Crippen molar-refractivity contribution in [3.05, 3.63) is 58.1 Å². The number of hydrogen-bond acceptors (Lipinski definition) is 8. The molecule has 252 valence electrons. The summed E-state index contributed by atoms with van der Waals surface area (Å²) >= 11 is 0. The van der Waals surface area contributed by atoms with Crippen LogP contribution < -0.4 is 25.8 Å². The number of likely N-dealkylation sites (tertiary alicyclic amines) is 1. The standard InChI is InChI=1S/C35H44F2N6O4/c1-38-33(45)7-5-25(20-44)39-24-4-6-31(28(36)17-24)43-14-10-26(11-15-43)42-12-8-23(9-13-42)21-47-27-18-29(37)34-30(19-27)40-32(41-35(34)46)16-22-2-3-22/h4,6,17-20,22-23,25-26,39H,2-3,5,7-16,21H2,1H3,(H,38,45)(H,40,41,46). The number of amides is 1. The number of hydrogen-bond donors (Lipinski definition) is 3. The maximum Gasteiger partial charge on any atom is 0.261 e. The molecule has 6 rings (SSSR count). The molecule has 3 aliphatic rings. The Bertz CT molecular complexity index is 1630. The molecule has 1 atom stereocenters. The van der Waals surface area contributed by atoms with Crippen molar-refractivity contribution in [1.82, 2.24) is 20.2 Å². The molecule has 0 spiro atoms. The van der Waals surface area contributed by atoms with Gasteiger partial charge >= 0.3 is 0 Å². The molecule has 1 amide bonds. The minimum absolute atomic E-state index is 0.0216. The van der Waals surface area contributed by atoms with Gasteiger partial charge in [0.15, 0.2) is 0 Å². The number of ether oxygens (including phenoxy) is 1. The number of anilines is 2. The van der Waals surface area contributed by atoms with Crippen LogP contribution in [0.25, 0.3) is 10.9 Å². The van der Waals surface area contributed by atoms with E-state index in [1.54, 1.807) is 25.2 Å². The molecule has 1 saturated carbocycles. The highest BCUT2D eigenvalue weighted by Crippen LogP contribution is 2.32. The van der Waals surface area contributed by atoms with E-state index < -0.39 is 17.4 Å². The van der Waals surface area contributed by atoms with Gasteiger partial charge < -0.3 is 34.9 Å². The van der Waals surface area contributed by atoms with Gasteiger partial charge in [-0.15, -0.1) is 0 Å². The zero-order valence-electron chi connectivity index (χ0n) is 26.9. The number of carbonyl (C=O) groups excluding carboxylic acids is 2. The molecule has 2 saturated heterocycles. The molecule has 3 fully saturated rings. The van der Waals surface area contributed by atoms with E-state index in [0.29, 0.717) is 65.8 Å². The fourth-order valence-electron chi connectivity index (χ4n) is 6.85. The second-order valence-electron chi connectivity index (χ2n) is 13.2. The van der Waals surface area contributed by atoms with Crippen molar-refractivity contribution in [1.29, 1.82) is 0 Å². The van der Waals surface area contributed by atoms with E-state index >= 15 is 4.39 Å². The first-order valence-electron chi connectivity index (χ1n) is 16.9. The minimum Gasteiger partial charge on any atom is -0.493 e. The van der Waals surface area contributed by atoms with E-state index in [1.165, 1.54) is 12.1 Å². The molecule has 3 heterocycles. The average Bonchev–Trinajstić information content (AvgIpc) is 3.89. The zero-order chi connectivity index (χ0) is 32.9. The molecule has 47 heavy (non-hydrogen) atoms. The van der Waals surface area contributed by atoms with Gasteiger partial charge in [-0.3, -0.25) is 9.59 Å². The summed E-state index contributed by atoms with van der Waals surface area (Å²) in [6.45, 7) is 3.92. The lowest BCUT2D eigenvalue weighted by Crippen LogP contribution is -2.48. The third-order valence-electron chi connectivity index (χ3n) is 9.84. The van der Waals surface area contributed by atoms with Gasteiger partial charge in [0.25, 0.3) is 5.56 Å². The number of carbonyl (C=O) groups is 2. The second-order valence-corrected chi connectivity index (χ2v) is 13.2. The molecule has 12 heteroatoms. The Morgan fingerprint density at radius 3 is 2.49 bits per heavy atom. The van der Waals surface area contributed by atoms with Crippen LogP contribution in [0.4, 0.5) is 20.2 Å². The Balaban J connectivity index is 0.955. The van der Waals surface area contributed by atoms with Crippen LogP contribution in [0.15, 0.2) is 35.1 Å². The molecule has 10 nitrogen and oxygen atoms in total. The molecule has 3 aromatic rings. The summed E-state index contributed by atoms with van der Waals surface area (Å²) in [5, 5.41) is 5.53. The van der Waals surface area contributed by atoms with Crippen LogP contribution in [0.1, 0.15) is 57.2 Å². The third-order valence-corrected chi connectivity index (χ3v) is 9.84. The maximum absolute atomic E-state index is 15.1. The number of H-pyrrole nitrogens is 1. The van der Waals surface area contributed by atoms with E-state index in [9.17, 15) is 18.8 Å². The largest absolute Gasteiger partial charge is 0.493 e. The Hall–Kier alpha value is -4.06. The van der Waals surface area contributed by atoms with Gasteiger partial charge in [-0.2, -0.15) is 0 Å². The van der Waals surface area contributed by atoms with Gasteiger partial charge in [-0.1, -0.05) is 0 Å². The van der Waals surface area contributed by atoms with Crippen LogP contribution in [0, 0.1) is 23.5 Å². The van der Waals surface area contributed by atoms with Gasteiger partial charge in [0.1, 0.15) is 34.9 Å². The molecule has 0 bridgehead atoms. The minimum atomic E-state index is -0.612. The van der Waals surface area contributed by atoms with Gasteiger partial charge in [-0.05, 0) is 88.1 Å². The van der Waals surface area contributed by atoms with Crippen LogP contribution in [-0.2, 0) is 16.0 Å². The summed E-state index contributed by atoms with van der Waals surface area (Å²) < 4.78 is 36.0. The summed E-state index contributed by atoms with van der Waals surface area (Å²) in [5.74, 6) is 0.826. The number of fused-ring (bicyclic) bond motifs is 1. The van der Waals surface area contributed by atoms with E-state index in [2.05, 4.69) is 30.4 Å². The molecule has 1 aliphatic carbocycles. The first kappa shape index (κ1) is 32.9. The van der Waals surface area contributed by atoms with Crippen LogP contribution >= 0.6 is 0 Å². The highest BCUT2D eigenvalue weighted by Gasteiger charge is 2.30. The quantitative estimate of drug-likeness (QED) is 0.233. The summed E-state index contributed by atoms with van der Waals surface area (Å²) in [6.07, 6.45) is 8.12. The van der Waals surface area contributed by atoms with Crippen molar-refractivity contribution in [3.63, 3.8) is 0 Å². The molecule has 0 radical (unpaired) electrons. The number of aromatic nitrogens is 2. The lowest BCUT2D eigenvalue weighted by Gasteiger charge is -2.42. The maximum atomic E-state index is 15.1. The number of aromatic amines is 1. The first-order valence-corrected chi connectivity index (χ1v) is 16.9. The van der Waals surface area contributed by atoms with Crippen LogP contribution in [0.2, 0.25) is 0 Å². The van der Waals surface area contributed by atoms with E-state index in [4.69, 9.17) is 4.74 Å². The number of halogens is 2. The molecule has 1 unspecified atom stereocenters. The van der Waals surface area contributed by atoms with Crippen molar-refractivity contribution in [2.45, 2.75) is 69.9 Å². The van der Waals surface area contributed by atoms with Crippen LogP contribution in [-0.4, -0.2) is 79.0 Å². The number of rotatable bonds is 13. The number of nitrogens with one attached hydrogen (secondary N) is 3. The summed E-state index contributed by atoms with van der Waals surface area (Å²) in [7, 11) is 1.55. The number of piperidine rings is 2. The Morgan fingerprint density at radius 1 is 1.04 bits per heavy atom. The zero-order valence-corrected chi connectivity index (χ0v) is 26.9. The normalized spacial score (nSPS) is 18.7. The van der Waals surface area contributed by atoms with Crippen molar-refractivity contribution in [3.8, 4) is 5.75 Å². The molecule has 1 aromatic heterocycles. The fourth-order valence-corrected chi connectivity index (χ4v) is 6.85. The smallest absolute Gasteiger partial charge is 0.261 e. The van der Waals surface area contributed by atoms with Crippen LogP contribution in [0.3, 0.4) is 0 Å². The molecule has 2 aromatic carbocycles. The van der Waals surface area contributed by atoms with Crippen molar-refractivity contribution in [2.24, 2.45) is 11.8 Å². The van der Waals surface area contributed by atoms with Crippen molar-refractivity contribution >= 4 is 34.5 Å². The lowest BCUT2D eigenvalue weighted by atomic mass is 9.94. The predicted octanol–water partition coefficient (Wildman–Crippen LogP) is 4.42. The Labute approximate surface area is 273 Å². The van der Waals surface area contributed by atoms with Crippen molar-refractivity contribution in [2.75, 3.05) is 50.1 Å².